The number of hydrogen-bond acceptors (Lipinski definition) is 6. The Balaban J connectivity index is 1.41. The number of benzene rings is 2. The third kappa shape index (κ3) is 4.97. The Morgan fingerprint density at radius 1 is 0.971 bits per heavy atom. The number of aromatic amines is 1. The molecule has 0 atom stereocenters. The molecule has 0 bridgehead atoms. The Kier molecular flexibility index (Phi) is 6.38. The van der Waals surface area contributed by atoms with Gasteiger partial charge in [0.15, 0.2) is 11.5 Å². The molecule has 9 nitrogen and oxygen atoms in total. The van der Waals surface area contributed by atoms with Crippen molar-refractivity contribution in [1.29, 1.82) is 0 Å². The van der Waals surface area contributed by atoms with Crippen molar-refractivity contribution in [2.75, 3.05) is 13.2 Å². The monoisotopic (exact) mass is 496 g/mol. The number of sulfonamides is 1. The summed E-state index contributed by atoms with van der Waals surface area (Å²) < 4.78 is 40.9. The van der Waals surface area contributed by atoms with Gasteiger partial charge in [0.1, 0.15) is 28.8 Å². The highest BCUT2D eigenvalue weighted by molar-refractivity contribution is 7.94. The first kappa shape index (κ1) is 23.2. The number of aromatic nitrogens is 1. The summed E-state index contributed by atoms with van der Waals surface area (Å²) in [5, 5.41) is 3.07. The summed E-state index contributed by atoms with van der Waals surface area (Å²) >= 11 is 0. The summed E-state index contributed by atoms with van der Waals surface area (Å²) in [6.45, 7) is 0.793. The van der Waals surface area contributed by atoms with Crippen molar-refractivity contribution in [3.63, 3.8) is 0 Å². The average molecular weight is 497 g/mol. The van der Waals surface area contributed by atoms with Crippen molar-refractivity contribution in [3.05, 3.63) is 63.1 Å². The molecule has 0 spiro atoms. The molecule has 10 heteroatoms. The molecule has 35 heavy (non-hydrogen) atoms. The molecule has 0 radical (unpaired) electrons. The van der Waals surface area contributed by atoms with E-state index in [-0.39, 0.29) is 27.6 Å². The van der Waals surface area contributed by atoms with Gasteiger partial charge in [-0.3, -0.25) is 9.59 Å². The van der Waals surface area contributed by atoms with E-state index in [1.165, 1.54) is 36.5 Å². The minimum Gasteiger partial charge on any atom is -0.573 e. The van der Waals surface area contributed by atoms with Crippen LogP contribution in [-0.4, -0.2) is 38.6 Å². The van der Waals surface area contributed by atoms with Crippen molar-refractivity contribution in [2.24, 2.45) is 0 Å². The molecule has 2 aliphatic rings. The first-order valence-corrected chi connectivity index (χ1v) is 13.2. The summed E-state index contributed by atoms with van der Waals surface area (Å²) in [7, 11) is -4.13. The van der Waals surface area contributed by atoms with Crippen LogP contribution >= 0.6 is 0 Å². The number of amides is 1. The number of H-pyrrole nitrogens is 1. The Morgan fingerprint density at radius 2 is 1.71 bits per heavy atom. The highest BCUT2D eigenvalue weighted by Crippen LogP contribution is 2.37. The molecule has 5 rings (SSSR count). The zero-order chi connectivity index (χ0) is 24.4. The number of nitrogens with one attached hydrogen (secondary N) is 2. The van der Waals surface area contributed by atoms with Crippen molar-refractivity contribution in [3.8, 4) is 11.5 Å². The second-order valence-corrected chi connectivity index (χ2v) is 10.4. The van der Waals surface area contributed by atoms with Crippen molar-refractivity contribution in [1.82, 2.24) is 10.3 Å². The summed E-state index contributed by atoms with van der Waals surface area (Å²) in [4.78, 5) is 28.8. The lowest BCUT2D eigenvalue weighted by molar-refractivity contribution is 0.0932. The third-order valence-electron chi connectivity index (χ3n) is 6.34. The molecule has 2 aromatic carbocycles. The fourth-order valence-electron chi connectivity index (χ4n) is 4.49. The lowest BCUT2D eigenvalue weighted by Gasteiger charge is -2.25. The molecule has 1 fully saturated rings. The van der Waals surface area contributed by atoms with E-state index in [2.05, 4.69) is 15.0 Å². The number of fused-ring (bicyclic) bond motifs is 2. The van der Waals surface area contributed by atoms with Gasteiger partial charge in [0.25, 0.3) is 5.91 Å². The van der Waals surface area contributed by atoms with Gasteiger partial charge < -0.3 is 24.5 Å². The second-order valence-electron chi connectivity index (χ2n) is 8.80. The zero-order valence-electron chi connectivity index (χ0n) is 19.1. The first-order chi connectivity index (χ1) is 16.9. The van der Waals surface area contributed by atoms with E-state index < -0.39 is 21.4 Å². The molecule has 1 aliphatic carbocycles. The number of hydrogen-bond donors (Lipinski definition) is 2. The van der Waals surface area contributed by atoms with E-state index in [1.807, 2.05) is 0 Å². The highest BCUT2D eigenvalue weighted by Gasteiger charge is 2.19. The number of ether oxygens (including phenoxy) is 2. The highest BCUT2D eigenvalue weighted by atomic mass is 32.2. The average Bonchev–Trinajstić information content (AvgIpc) is 3.12. The molecule has 184 valence electrons. The van der Waals surface area contributed by atoms with Crippen LogP contribution in [0.4, 0.5) is 5.69 Å². The maximum atomic E-state index is 13.1. The Hall–Kier alpha value is -3.53. The quantitative estimate of drug-likeness (QED) is 0.511. The van der Waals surface area contributed by atoms with Crippen LogP contribution in [0.3, 0.4) is 0 Å². The summed E-state index contributed by atoms with van der Waals surface area (Å²) in [6, 6.07) is 8.79. The van der Waals surface area contributed by atoms with E-state index in [0.717, 1.165) is 38.5 Å². The number of carbonyl (C=O) groups excluding carboxylic acids is 1. The van der Waals surface area contributed by atoms with E-state index in [4.69, 9.17) is 9.47 Å². The molecule has 2 N–H and O–H groups in total. The molecule has 0 unspecified atom stereocenters. The normalized spacial score (nSPS) is 16.5. The maximum absolute atomic E-state index is 13.1. The predicted molar refractivity (Wildman–Crippen MR) is 131 cm³/mol. The van der Waals surface area contributed by atoms with Crippen LogP contribution in [0.5, 0.6) is 11.5 Å². The molecule has 3 aromatic rings. The van der Waals surface area contributed by atoms with Crippen LogP contribution in [-0.2, 0) is 10.0 Å². The summed E-state index contributed by atoms with van der Waals surface area (Å²) in [5.41, 5.74) is 0.0420. The molecule has 1 amide bonds. The minimum atomic E-state index is -4.13. The fourth-order valence-corrected chi connectivity index (χ4v) is 5.50. The van der Waals surface area contributed by atoms with Crippen LogP contribution in [0.1, 0.15) is 48.9 Å². The van der Waals surface area contributed by atoms with Gasteiger partial charge in [0.05, 0.1) is 4.90 Å². The van der Waals surface area contributed by atoms with Gasteiger partial charge in [-0.05, 0) is 43.2 Å². The van der Waals surface area contributed by atoms with Crippen LogP contribution in [0.2, 0.25) is 0 Å². The topological polar surface area (TPSA) is 129 Å². The van der Waals surface area contributed by atoms with Crippen molar-refractivity contribution in [2.45, 2.75) is 49.5 Å². The molecule has 1 aromatic heterocycles. The Bertz CT molecular complexity index is 1420. The standard InChI is InChI=1S/C25H26N3O6S/c29-24-19-14-18(35(31,32)28-17-7-10-22-23(13-17)34-12-11-33-22)8-9-21(19)26-15-20(24)25(30)27-16-5-3-1-2-4-6-16/h7-10,13-16H,1-6,11-12H2,(H2,26,27,29,30)/q-1. The van der Waals surface area contributed by atoms with Gasteiger partial charge in [-0.1, -0.05) is 31.7 Å². The largest absolute Gasteiger partial charge is 0.573 e. The number of pyridine rings is 1. The zero-order valence-corrected chi connectivity index (χ0v) is 19.9. The third-order valence-corrected chi connectivity index (χ3v) is 7.64. The van der Waals surface area contributed by atoms with Gasteiger partial charge in [-0.2, -0.15) is 0 Å². The van der Waals surface area contributed by atoms with Crippen molar-refractivity contribution >= 4 is 32.5 Å². The molecular weight excluding hydrogens is 470 g/mol. The van der Waals surface area contributed by atoms with Gasteiger partial charge >= 0.3 is 0 Å². The van der Waals surface area contributed by atoms with Gasteiger partial charge in [-0.25, -0.2) is 8.42 Å². The molecule has 2 heterocycles. The maximum Gasteiger partial charge on any atom is 0.256 e. The van der Waals surface area contributed by atoms with Crippen molar-refractivity contribution < 1.29 is 22.7 Å². The number of carbonyl (C=O) groups is 1. The SMILES string of the molecule is O=C(NC1CCCCCC1)c1c[nH]c2ccc(S(=O)(=O)[N-]c3ccc4c(c3)OCCO4)cc2c1=O. The molecule has 1 saturated carbocycles. The second kappa shape index (κ2) is 9.61. The molecule has 1 aliphatic heterocycles. The van der Waals surface area contributed by atoms with Gasteiger partial charge in [0, 0.05) is 23.1 Å². The molecular formula is C25H26N3O6S-. The van der Waals surface area contributed by atoms with Gasteiger partial charge in [-0.15, -0.1) is 5.69 Å². The number of nitrogens with zero attached hydrogens (tertiary/aromatic N) is 1. The van der Waals surface area contributed by atoms with Crippen LogP contribution < -0.4 is 20.2 Å². The molecule has 0 saturated heterocycles. The van der Waals surface area contributed by atoms with Gasteiger partial charge in [0.2, 0.25) is 5.43 Å². The van der Waals surface area contributed by atoms with E-state index >= 15 is 0 Å². The van der Waals surface area contributed by atoms with Crippen LogP contribution in [0.25, 0.3) is 15.6 Å². The lowest BCUT2D eigenvalue weighted by Crippen LogP contribution is -2.37. The van der Waals surface area contributed by atoms with E-state index in [9.17, 15) is 18.0 Å². The van der Waals surface area contributed by atoms with E-state index in [0.29, 0.717) is 30.2 Å². The van der Waals surface area contributed by atoms with Crippen LogP contribution in [0, 0.1) is 0 Å². The minimum absolute atomic E-state index is 0.0385. The fraction of sp³-hybridized carbons (Fsp3) is 0.360. The number of rotatable bonds is 5. The van der Waals surface area contributed by atoms with E-state index in [1.54, 1.807) is 6.07 Å². The lowest BCUT2D eigenvalue weighted by atomic mass is 10.1. The van der Waals surface area contributed by atoms with Crippen LogP contribution in [0.15, 0.2) is 52.3 Å². The Morgan fingerprint density at radius 3 is 2.49 bits per heavy atom. The summed E-state index contributed by atoms with van der Waals surface area (Å²) in [6.07, 6.45) is 7.56. The predicted octanol–water partition coefficient (Wildman–Crippen LogP) is 4.15. The summed E-state index contributed by atoms with van der Waals surface area (Å²) in [5.74, 6) is 0.501. The first-order valence-electron chi connectivity index (χ1n) is 11.7. The Labute approximate surface area is 202 Å². The smallest absolute Gasteiger partial charge is 0.256 e.